The smallest absolute Gasteiger partial charge is 0.167 e. The fourth-order valence-electron chi connectivity index (χ4n) is 1.37. The maximum atomic E-state index is 11.5. The number of carbonyl (C=O) groups is 1. The Morgan fingerprint density at radius 3 is 2.79 bits per heavy atom. The third kappa shape index (κ3) is 2.12. The highest BCUT2D eigenvalue weighted by molar-refractivity contribution is 5.99. The van der Waals surface area contributed by atoms with E-state index in [1.54, 1.807) is 12.1 Å². The quantitative estimate of drug-likeness (QED) is 0.712. The molecule has 1 rings (SSSR count). The zero-order valence-electron chi connectivity index (χ0n) is 8.29. The summed E-state index contributed by atoms with van der Waals surface area (Å²) in [4.78, 5) is 11.5. The van der Waals surface area contributed by atoms with Crippen molar-refractivity contribution in [3.8, 4) is 5.75 Å². The molecule has 0 aliphatic heterocycles. The Kier molecular flexibility index (Phi) is 3.65. The zero-order valence-corrected chi connectivity index (χ0v) is 8.29. The second-order valence-electron chi connectivity index (χ2n) is 3.13. The molecule has 0 bridgehead atoms. The molecule has 0 atom stereocenters. The van der Waals surface area contributed by atoms with Gasteiger partial charge in [0.15, 0.2) is 5.78 Å². The van der Waals surface area contributed by atoms with E-state index < -0.39 is 0 Å². The maximum absolute atomic E-state index is 11.5. The number of phenolic OH excluding ortho intramolecular Hbond substituents is 1. The molecule has 0 aliphatic rings. The number of hydrogen-bond donors (Lipinski definition) is 2. The Labute approximate surface area is 83.6 Å². The van der Waals surface area contributed by atoms with Crippen LogP contribution in [0.2, 0.25) is 0 Å². The minimum atomic E-state index is -0.0969. The molecule has 3 heteroatoms. The summed E-state index contributed by atoms with van der Waals surface area (Å²) < 4.78 is 0. The Morgan fingerprint density at radius 1 is 1.50 bits per heavy atom. The number of carbonyl (C=O) groups excluding carboxylic acids is 1. The Morgan fingerprint density at radius 2 is 2.21 bits per heavy atom. The molecular weight excluding hydrogens is 178 g/mol. The first kappa shape index (κ1) is 10.7. The summed E-state index contributed by atoms with van der Waals surface area (Å²) in [5.74, 6) is 0.00810. The van der Waals surface area contributed by atoms with Gasteiger partial charge in [-0.05, 0) is 24.6 Å². The summed E-state index contributed by atoms with van der Waals surface area (Å²) in [5, 5.41) is 9.72. The van der Waals surface area contributed by atoms with Gasteiger partial charge in [0.25, 0.3) is 0 Å². The van der Waals surface area contributed by atoms with Crippen LogP contribution in [-0.4, -0.2) is 17.4 Å². The van der Waals surface area contributed by atoms with Crippen LogP contribution in [-0.2, 0) is 6.42 Å². The van der Waals surface area contributed by atoms with Crippen molar-refractivity contribution in [3.05, 3.63) is 29.3 Å². The molecule has 0 saturated carbocycles. The molecule has 0 saturated heterocycles. The van der Waals surface area contributed by atoms with Gasteiger partial charge in [-0.2, -0.15) is 0 Å². The average Bonchev–Trinajstić information content (AvgIpc) is 2.18. The van der Waals surface area contributed by atoms with Gasteiger partial charge in [0.1, 0.15) is 5.75 Å². The van der Waals surface area contributed by atoms with Crippen LogP contribution in [0.3, 0.4) is 0 Å². The number of aryl methyl sites for hydroxylation is 1. The molecule has 0 fully saturated rings. The van der Waals surface area contributed by atoms with E-state index in [4.69, 9.17) is 5.73 Å². The highest BCUT2D eigenvalue weighted by Crippen LogP contribution is 2.23. The van der Waals surface area contributed by atoms with Crippen molar-refractivity contribution in [2.75, 3.05) is 6.54 Å². The van der Waals surface area contributed by atoms with Crippen molar-refractivity contribution >= 4 is 5.78 Å². The van der Waals surface area contributed by atoms with Crippen molar-refractivity contribution < 1.29 is 9.90 Å². The standard InChI is InChI=1S/C11H15NO2/c1-2-8-4-3-5-9(11(8)14)10(13)6-7-12/h3-5,14H,2,6-7,12H2,1H3. The molecule has 0 spiro atoms. The first-order chi connectivity index (χ1) is 6.70. The lowest BCUT2D eigenvalue weighted by molar-refractivity contribution is 0.0982. The third-order valence-electron chi connectivity index (χ3n) is 2.17. The number of phenols is 1. The van der Waals surface area contributed by atoms with Crippen LogP contribution in [0.5, 0.6) is 5.75 Å². The normalized spacial score (nSPS) is 10.1. The summed E-state index contributed by atoms with van der Waals surface area (Å²) in [5.41, 5.74) is 6.47. The van der Waals surface area contributed by atoms with Crippen LogP contribution in [0.25, 0.3) is 0 Å². The second-order valence-corrected chi connectivity index (χ2v) is 3.13. The number of benzene rings is 1. The van der Waals surface area contributed by atoms with E-state index in [2.05, 4.69) is 0 Å². The van der Waals surface area contributed by atoms with Gasteiger partial charge in [-0.1, -0.05) is 19.1 Å². The molecule has 1 aromatic carbocycles. The number of Topliss-reactive ketones (excluding diaryl/α,β-unsaturated/α-hetero) is 1. The number of rotatable bonds is 4. The molecule has 0 aromatic heterocycles. The molecule has 1 aromatic rings. The molecular formula is C11H15NO2. The van der Waals surface area contributed by atoms with Crippen LogP contribution >= 0.6 is 0 Å². The minimum absolute atomic E-state index is 0.0969. The molecule has 0 heterocycles. The van der Waals surface area contributed by atoms with Crippen molar-refractivity contribution in [2.45, 2.75) is 19.8 Å². The van der Waals surface area contributed by atoms with E-state index in [1.807, 2.05) is 13.0 Å². The van der Waals surface area contributed by atoms with E-state index in [9.17, 15) is 9.90 Å². The number of nitrogens with two attached hydrogens (primary N) is 1. The van der Waals surface area contributed by atoms with Crippen molar-refractivity contribution in [2.24, 2.45) is 5.73 Å². The van der Waals surface area contributed by atoms with Gasteiger partial charge in [0.05, 0.1) is 5.56 Å². The van der Waals surface area contributed by atoms with E-state index in [-0.39, 0.29) is 18.0 Å². The lowest BCUT2D eigenvalue weighted by atomic mass is 10.0. The van der Waals surface area contributed by atoms with Gasteiger partial charge < -0.3 is 10.8 Å². The molecule has 0 unspecified atom stereocenters. The van der Waals surface area contributed by atoms with Gasteiger partial charge in [-0.3, -0.25) is 4.79 Å². The first-order valence-corrected chi connectivity index (χ1v) is 4.74. The minimum Gasteiger partial charge on any atom is -0.507 e. The van der Waals surface area contributed by atoms with E-state index >= 15 is 0 Å². The maximum Gasteiger partial charge on any atom is 0.167 e. The highest BCUT2D eigenvalue weighted by atomic mass is 16.3. The predicted molar refractivity (Wildman–Crippen MR) is 55.5 cm³/mol. The van der Waals surface area contributed by atoms with Gasteiger partial charge in [-0.15, -0.1) is 0 Å². The Balaban J connectivity index is 3.03. The Hall–Kier alpha value is -1.35. The van der Waals surface area contributed by atoms with Gasteiger partial charge >= 0.3 is 0 Å². The van der Waals surface area contributed by atoms with Crippen LogP contribution in [0.1, 0.15) is 29.3 Å². The summed E-state index contributed by atoms with van der Waals surface area (Å²) in [6.07, 6.45) is 0.996. The van der Waals surface area contributed by atoms with Gasteiger partial charge in [-0.25, -0.2) is 0 Å². The fraction of sp³-hybridized carbons (Fsp3) is 0.364. The summed E-state index contributed by atoms with van der Waals surface area (Å²) in [6, 6.07) is 5.23. The Bertz CT molecular complexity index is 334. The van der Waals surface area contributed by atoms with E-state index in [0.29, 0.717) is 12.1 Å². The highest BCUT2D eigenvalue weighted by Gasteiger charge is 2.11. The SMILES string of the molecule is CCc1cccc(C(=O)CCN)c1O. The van der Waals surface area contributed by atoms with Crippen molar-refractivity contribution in [3.63, 3.8) is 0 Å². The lowest BCUT2D eigenvalue weighted by Gasteiger charge is -2.06. The van der Waals surface area contributed by atoms with Crippen LogP contribution in [0.4, 0.5) is 0 Å². The number of ketones is 1. The van der Waals surface area contributed by atoms with Crippen molar-refractivity contribution in [1.29, 1.82) is 0 Å². The largest absolute Gasteiger partial charge is 0.507 e. The van der Waals surface area contributed by atoms with Crippen LogP contribution in [0.15, 0.2) is 18.2 Å². The molecule has 0 radical (unpaired) electrons. The third-order valence-corrected chi connectivity index (χ3v) is 2.17. The predicted octanol–water partition coefficient (Wildman–Crippen LogP) is 1.49. The number of aromatic hydroxyl groups is 1. The molecule has 0 aliphatic carbocycles. The van der Waals surface area contributed by atoms with E-state index in [1.165, 1.54) is 0 Å². The van der Waals surface area contributed by atoms with E-state index in [0.717, 1.165) is 12.0 Å². The molecule has 3 N–H and O–H groups in total. The monoisotopic (exact) mass is 193 g/mol. The zero-order chi connectivity index (χ0) is 10.6. The second kappa shape index (κ2) is 4.77. The van der Waals surface area contributed by atoms with Gasteiger partial charge in [0, 0.05) is 6.42 Å². The summed E-state index contributed by atoms with van der Waals surface area (Å²) in [7, 11) is 0. The summed E-state index contributed by atoms with van der Waals surface area (Å²) >= 11 is 0. The topological polar surface area (TPSA) is 63.3 Å². The van der Waals surface area contributed by atoms with Crippen molar-refractivity contribution in [1.82, 2.24) is 0 Å². The van der Waals surface area contributed by atoms with Crippen LogP contribution < -0.4 is 5.73 Å². The summed E-state index contributed by atoms with van der Waals surface area (Å²) in [6.45, 7) is 2.25. The number of hydrogen-bond acceptors (Lipinski definition) is 3. The molecule has 3 nitrogen and oxygen atoms in total. The molecule has 0 amide bonds. The molecule has 76 valence electrons. The first-order valence-electron chi connectivity index (χ1n) is 4.74. The molecule has 14 heavy (non-hydrogen) atoms. The number of para-hydroxylation sites is 1. The van der Waals surface area contributed by atoms with Gasteiger partial charge in [0.2, 0.25) is 0 Å². The fourth-order valence-corrected chi connectivity index (χ4v) is 1.37. The van der Waals surface area contributed by atoms with Crippen LogP contribution in [0, 0.1) is 0 Å². The lowest BCUT2D eigenvalue weighted by Crippen LogP contribution is -2.08. The average molecular weight is 193 g/mol.